The van der Waals surface area contributed by atoms with E-state index in [0.717, 1.165) is 16.6 Å². The first kappa shape index (κ1) is 10.4. The number of carbonyl (C=O) groups is 1. The molecule has 16 heavy (non-hydrogen) atoms. The van der Waals surface area contributed by atoms with E-state index in [1.54, 1.807) is 13.1 Å². The lowest BCUT2D eigenvalue weighted by Crippen LogP contribution is -2.19. The molecule has 0 bridgehead atoms. The second-order valence-corrected chi connectivity index (χ2v) is 3.48. The molecular weight excluding hydrogens is 202 g/mol. The monoisotopic (exact) mass is 215 g/mol. The molecule has 0 aliphatic rings. The van der Waals surface area contributed by atoms with E-state index in [-0.39, 0.29) is 5.91 Å². The van der Waals surface area contributed by atoms with Crippen LogP contribution < -0.4 is 5.43 Å². The SMILES string of the molecule is C/C=N\NC(=O)Cc1cc2ccccc2[nH]1. The number of aromatic nitrogens is 1. The smallest absolute Gasteiger partial charge is 0.245 e. The highest BCUT2D eigenvalue weighted by Gasteiger charge is 2.05. The average Bonchev–Trinajstić information content (AvgIpc) is 2.68. The fourth-order valence-corrected chi connectivity index (χ4v) is 1.58. The molecule has 0 saturated heterocycles. The first-order valence-electron chi connectivity index (χ1n) is 5.13. The molecular formula is C12H13N3O. The highest BCUT2D eigenvalue weighted by atomic mass is 16.2. The van der Waals surface area contributed by atoms with Crippen LogP contribution in [0.1, 0.15) is 12.6 Å². The Balaban J connectivity index is 2.12. The number of carbonyl (C=O) groups excluding carboxylic acids is 1. The zero-order valence-corrected chi connectivity index (χ0v) is 9.03. The van der Waals surface area contributed by atoms with Crippen LogP contribution in [0.3, 0.4) is 0 Å². The average molecular weight is 215 g/mol. The molecule has 0 unspecified atom stereocenters. The molecule has 0 radical (unpaired) electrons. The molecule has 1 aromatic heterocycles. The van der Waals surface area contributed by atoms with Gasteiger partial charge in [0.25, 0.3) is 0 Å². The highest BCUT2D eigenvalue weighted by molar-refractivity contribution is 5.84. The van der Waals surface area contributed by atoms with Gasteiger partial charge in [-0.25, -0.2) is 5.43 Å². The Morgan fingerprint density at radius 1 is 1.50 bits per heavy atom. The maximum atomic E-state index is 11.4. The van der Waals surface area contributed by atoms with Crippen LogP contribution in [0, 0.1) is 0 Å². The zero-order valence-electron chi connectivity index (χ0n) is 9.03. The largest absolute Gasteiger partial charge is 0.358 e. The first-order chi connectivity index (χ1) is 7.79. The van der Waals surface area contributed by atoms with Crippen molar-refractivity contribution >= 4 is 23.0 Å². The fourth-order valence-electron chi connectivity index (χ4n) is 1.58. The number of nitrogens with zero attached hydrogens (tertiary/aromatic N) is 1. The lowest BCUT2D eigenvalue weighted by Gasteiger charge is -1.96. The predicted molar refractivity (Wildman–Crippen MR) is 64.3 cm³/mol. The van der Waals surface area contributed by atoms with Gasteiger partial charge in [-0.2, -0.15) is 5.10 Å². The zero-order chi connectivity index (χ0) is 11.4. The number of nitrogens with one attached hydrogen (secondary N) is 2. The Bertz CT molecular complexity index is 495. The number of fused-ring (bicyclic) bond motifs is 1. The van der Waals surface area contributed by atoms with Gasteiger partial charge in [0.1, 0.15) is 0 Å². The van der Waals surface area contributed by atoms with Gasteiger partial charge in [0.05, 0.1) is 6.42 Å². The molecule has 2 N–H and O–H groups in total. The summed E-state index contributed by atoms with van der Waals surface area (Å²) in [5.41, 5.74) is 4.37. The highest BCUT2D eigenvalue weighted by Crippen LogP contribution is 2.14. The van der Waals surface area contributed by atoms with Crippen LogP contribution in [0.4, 0.5) is 0 Å². The summed E-state index contributed by atoms with van der Waals surface area (Å²) in [6, 6.07) is 9.91. The number of H-pyrrole nitrogens is 1. The summed E-state index contributed by atoms with van der Waals surface area (Å²) < 4.78 is 0. The van der Waals surface area contributed by atoms with Crippen molar-refractivity contribution in [2.24, 2.45) is 5.10 Å². The van der Waals surface area contributed by atoms with E-state index in [0.29, 0.717) is 6.42 Å². The van der Waals surface area contributed by atoms with E-state index in [4.69, 9.17) is 0 Å². The maximum absolute atomic E-state index is 11.4. The van der Waals surface area contributed by atoms with Gasteiger partial charge < -0.3 is 4.98 Å². The van der Waals surface area contributed by atoms with Crippen molar-refractivity contribution in [3.05, 3.63) is 36.0 Å². The van der Waals surface area contributed by atoms with Crippen molar-refractivity contribution in [3.8, 4) is 0 Å². The van der Waals surface area contributed by atoms with Crippen molar-refractivity contribution in [2.75, 3.05) is 0 Å². The van der Waals surface area contributed by atoms with Gasteiger partial charge in [0.2, 0.25) is 5.91 Å². The van der Waals surface area contributed by atoms with Crippen LogP contribution in [0.15, 0.2) is 35.4 Å². The van der Waals surface area contributed by atoms with E-state index >= 15 is 0 Å². The number of amides is 1. The summed E-state index contributed by atoms with van der Waals surface area (Å²) in [7, 11) is 0. The second kappa shape index (κ2) is 4.61. The summed E-state index contributed by atoms with van der Waals surface area (Å²) in [5, 5.41) is 4.80. The summed E-state index contributed by atoms with van der Waals surface area (Å²) >= 11 is 0. The number of hydrogen-bond acceptors (Lipinski definition) is 2. The van der Waals surface area contributed by atoms with Crippen molar-refractivity contribution in [1.29, 1.82) is 0 Å². The van der Waals surface area contributed by atoms with Gasteiger partial charge in [-0.05, 0) is 24.4 Å². The van der Waals surface area contributed by atoms with E-state index in [1.807, 2.05) is 30.3 Å². The summed E-state index contributed by atoms with van der Waals surface area (Å²) in [6.07, 6.45) is 1.86. The Hall–Kier alpha value is -2.10. The minimum atomic E-state index is -0.121. The number of rotatable bonds is 3. The molecule has 0 atom stereocenters. The van der Waals surface area contributed by atoms with E-state index in [1.165, 1.54) is 0 Å². The van der Waals surface area contributed by atoms with Crippen LogP contribution in [-0.2, 0) is 11.2 Å². The number of para-hydroxylation sites is 1. The van der Waals surface area contributed by atoms with Gasteiger partial charge >= 0.3 is 0 Å². The van der Waals surface area contributed by atoms with Crippen LogP contribution in [-0.4, -0.2) is 17.1 Å². The maximum Gasteiger partial charge on any atom is 0.245 e. The number of hydrogen-bond donors (Lipinski definition) is 2. The molecule has 1 heterocycles. The molecule has 82 valence electrons. The standard InChI is InChI=1S/C12H13N3O/c1-2-13-15-12(16)8-10-7-9-5-3-4-6-11(9)14-10/h2-7,14H,8H2,1H3,(H,15,16)/b13-2-. The fraction of sp³-hybridized carbons (Fsp3) is 0.167. The Morgan fingerprint density at radius 3 is 3.06 bits per heavy atom. The Kier molecular flexibility index (Phi) is 3.00. The van der Waals surface area contributed by atoms with Gasteiger partial charge in [0.15, 0.2) is 0 Å². The van der Waals surface area contributed by atoms with Gasteiger partial charge in [-0.1, -0.05) is 18.2 Å². The summed E-state index contributed by atoms with van der Waals surface area (Å²) in [4.78, 5) is 14.6. The molecule has 2 rings (SSSR count). The molecule has 0 spiro atoms. The van der Waals surface area contributed by atoms with E-state index in [9.17, 15) is 4.79 Å². The molecule has 2 aromatic rings. The van der Waals surface area contributed by atoms with Crippen molar-refractivity contribution in [3.63, 3.8) is 0 Å². The Morgan fingerprint density at radius 2 is 2.31 bits per heavy atom. The van der Waals surface area contributed by atoms with E-state index in [2.05, 4.69) is 15.5 Å². The second-order valence-electron chi connectivity index (χ2n) is 3.48. The first-order valence-corrected chi connectivity index (χ1v) is 5.13. The van der Waals surface area contributed by atoms with Crippen LogP contribution in [0.2, 0.25) is 0 Å². The molecule has 0 fully saturated rings. The number of benzene rings is 1. The molecule has 1 aromatic carbocycles. The summed E-state index contributed by atoms with van der Waals surface area (Å²) in [5.74, 6) is -0.121. The quantitative estimate of drug-likeness (QED) is 0.595. The van der Waals surface area contributed by atoms with Crippen LogP contribution >= 0.6 is 0 Å². The van der Waals surface area contributed by atoms with Gasteiger partial charge in [0, 0.05) is 17.4 Å². The Labute approximate surface area is 93.4 Å². The van der Waals surface area contributed by atoms with Gasteiger partial charge in [-0.15, -0.1) is 0 Å². The van der Waals surface area contributed by atoms with Gasteiger partial charge in [-0.3, -0.25) is 4.79 Å². The minimum absolute atomic E-state index is 0.121. The topological polar surface area (TPSA) is 57.2 Å². The summed E-state index contributed by atoms with van der Waals surface area (Å²) in [6.45, 7) is 1.75. The van der Waals surface area contributed by atoms with Crippen LogP contribution in [0.25, 0.3) is 10.9 Å². The van der Waals surface area contributed by atoms with Crippen LogP contribution in [0.5, 0.6) is 0 Å². The molecule has 4 heteroatoms. The third-order valence-corrected chi connectivity index (χ3v) is 2.26. The molecule has 0 saturated carbocycles. The third-order valence-electron chi connectivity index (χ3n) is 2.26. The minimum Gasteiger partial charge on any atom is -0.358 e. The molecule has 0 aliphatic heterocycles. The number of hydrazone groups is 1. The lowest BCUT2D eigenvalue weighted by atomic mass is 10.2. The van der Waals surface area contributed by atoms with Crippen molar-refractivity contribution in [1.82, 2.24) is 10.4 Å². The normalized spacial score (nSPS) is 11.1. The molecule has 1 amide bonds. The van der Waals surface area contributed by atoms with E-state index < -0.39 is 0 Å². The molecule has 0 aliphatic carbocycles. The van der Waals surface area contributed by atoms with Crippen molar-refractivity contribution < 1.29 is 4.79 Å². The lowest BCUT2D eigenvalue weighted by molar-refractivity contribution is -0.120. The molecule has 4 nitrogen and oxygen atoms in total. The predicted octanol–water partition coefficient (Wildman–Crippen LogP) is 1.83. The third kappa shape index (κ3) is 2.28. The number of aromatic amines is 1. The van der Waals surface area contributed by atoms with Crippen molar-refractivity contribution in [2.45, 2.75) is 13.3 Å².